The monoisotopic (exact) mass is 424 g/mol. The molecular weight excluding hydrogens is 388 g/mol. The third-order valence-corrected chi connectivity index (χ3v) is 6.74. The van der Waals surface area contributed by atoms with E-state index in [2.05, 4.69) is 32.2 Å². The van der Waals surface area contributed by atoms with E-state index in [9.17, 15) is 9.59 Å². The van der Waals surface area contributed by atoms with Crippen molar-refractivity contribution in [1.29, 1.82) is 0 Å². The van der Waals surface area contributed by atoms with Gasteiger partial charge in [-0.2, -0.15) is 0 Å². The van der Waals surface area contributed by atoms with Crippen LogP contribution in [0, 0.1) is 11.8 Å². The Labute approximate surface area is 178 Å². The number of hydrogen-bond acceptors (Lipinski definition) is 6. The van der Waals surface area contributed by atoms with E-state index in [1.807, 2.05) is 13.8 Å². The van der Waals surface area contributed by atoms with E-state index in [4.69, 9.17) is 24.7 Å². The first kappa shape index (κ1) is 23.0. The summed E-state index contributed by atoms with van der Waals surface area (Å²) in [5.41, 5.74) is 5.98. The Morgan fingerprint density at radius 1 is 1.33 bits per heavy atom. The molecule has 7 atom stereocenters. The molecule has 0 aromatic heterocycles. The van der Waals surface area contributed by atoms with Crippen LogP contribution in [0.2, 0.25) is 0 Å². The zero-order valence-electron chi connectivity index (χ0n) is 18.9. The lowest BCUT2D eigenvalue weighted by Gasteiger charge is -2.42. The van der Waals surface area contributed by atoms with E-state index in [-0.39, 0.29) is 29.6 Å². The fourth-order valence-electron chi connectivity index (χ4n) is 4.94. The largest absolute Gasteiger partial charge is 0.443 e. The van der Waals surface area contributed by atoms with Gasteiger partial charge in [0.25, 0.3) is 0 Å². The van der Waals surface area contributed by atoms with Gasteiger partial charge >= 0.3 is 6.09 Å². The van der Waals surface area contributed by atoms with E-state index in [0.29, 0.717) is 13.0 Å². The molecule has 3 fully saturated rings. The minimum atomic E-state index is -0.784. The first-order chi connectivity index (χ1) is 14.0. The van der Waals surface area contributed by atoms with Gasteiger partial charge in [-0.1, -0.05) is 25.5 Å². The molecular formula is C22H36N2O6. The number of hydrogen-bond donors (Lipinski definition) is 2. The minimum Gasteiger partial charge on any atom is -0.443 e. The number of carbonyl (C=O) groups is 2. The summed E-state index contributed by atoms with van der Waals surface area (Å²) in [5.74, 6) is -0.766. The predicted molar refractivity (Wildman–Crippen MR) is 111 cm³/mol. The molecule has 3 aliphatic rings. The summed E-state index contributed by atoms with van der Waals surface area (Å²) < 4.78 is 23.7. The van der Waals surface area contributed by atoms with Crippen molar-refractivity contribution in [2.75, 3.05) is 13.7 Å². The van der Waals surface area contributed by atoms with Crippen molar-refractivity contribution in [3.05, 3.63) is 11.6 Å². The Kier molecular flexibility index (Phi) is 6.51. The van der Waals surface area contributed by atoms with Gasteiger partial charge in [-0.3, -0.25) is 4.79 Å². The number of ether oxygens (including phenoxy) is 4. The molecule has 1 saturated carbocycles. The van der Waals surface area contributed by atoms with Gasteiger partial charge in [-0.15, -0.1) is 0 Å². The molecule has 1 aliphatic carbocycles. The average molecular weight is 425 g/mol. The van der Waals surface area contributed by atoms with Gasteiger partial charge in [0, 0.05) is 7.11 Å². The van der Waals surface area contributed by atoms with Crippen LogP contribution in [0.1, 0.15) is 53.9 Å². The number of allylic oxidation sites excluding steroid dienone is 1. The maximum absolute atomic E-state index is 12.5. The summed E-state index contributed by atoms with van der Waals surface area (Å²) in [4.78, 5) is 24.1. The average Bonchev–Trinajstić information content (AvgIpc) is 3.56. The second-order valence-corrected chi connectivity index (χ2v) is 9.59. The second-order valence-electron chi connectivity index (χ2n) is 9.59. The van der Waals surface area contributed by atoms with Crippen LogP contribution < -0.4 is 11.1 Å². The molecule has 0 radical (unpaired) electrons. The fourth-order valence-corrected chi connectivity index (χ4v) is 4.94. The molecule has 2 unspecified atom stereocenters. The van der Waals surface area contributed by atoms with Gasteiger partial charge in [0.2, 0.25) is 5.91 Å². The number of amides is 2. The van der Waals surface area contributed by atoms with Crippen LogP contribution >= 0.6 is 0 Å². The molecule has 2 saturated heterocycles. The zero-order chi connectivity index (χ0) is 22.3. The van der Waals surface area contributed by atoms with Crippen LogP contribution in [0.4, 0.5) is 4.79 Å². The van der Waals surface area contributed by atoms with E-state index in [1.165, 1.54) is 5.57 Å². The Hall–Kier alpha value is -1.64. The first-order valence-corrected chi connectivity index (χ1v) is 10.8. The molecule has 2 aliphatic heterocycles. The molecule has 8 heteroatoms. The molecule has 2 amide bonds. The predicted octanol–water partition coefficient (Wildman–Crippen LogP) is 2.30. The van der Waals surface area contributed by atoms with E-state index in [0.717, 1.165) is 12.8 Å². The summed E-state index contributed by atoms with van der Waals surface area (Å²) in [6.45, 7) is 10.5. The number of nitrogens with two attached hydrogens (primary N) is 1. The summed E-state index contributed by atoms with van der Waals surface area (Å²) in [6, 6.07) is -0.784. The van der Waals surface area contributed by atoms with Gasteiger partial charge in [0.1, 0.15) is 29.5 Å². The summed E-state index contributed by atoms with van der Waals surface area (Å²) in [7, 11) is 1.63. The quantitative estimate of drug-likeness (QED) is 0.456. The molecule has 0 aromatic rings. The molecule has 1 spiro atoms. The molecule has 30 heavy (non-hydrogen) atoms. The van der Waals surface area contributed by atoms with E-state index < -0.39 is 29.7 Å². The lowest BCUT2D eigenvalue weighted by atomic mass is 9.68. The van der Waals surface area contributed by atoms with Crippen molar-refractivity contribution in [3.63, 3.8) is 0 Å². The number of primary amides is 1. The zero-order valence-corrected chi connectivity index (χ0v) is 18.9. The number of rotatable bonds is 8. The molecule has 0 aromatic carbocycles. The topological polar surface area (TPSA) is 116 Å². The summed E-state index contributed by atoms with van der Waals surface area (Å²) in [6.07, 6.45) is 3.02. The Balaban J connectivity index is 1.71. The highest BCUT2D eigenvalue weighted by Gasteiger charge is 2.72. The van der Waals surface area contributed by atoms with Gasteiger partial charge in [0.15, 0.2) is 0 Å². The first-order valence-electron chi connectivity index (χ1n) is 10.8. The lowest BCUT2D eigenvalue weighted by Crippen LogP contribution is -2.57. The second kappa shape index (κ2) is 8.48. The van der Waals surface area contributed by atoms with Crippen molar-refractivity contribution >= 4 is 12.0 Å². The van der Waals surface area contributed by atoms with Crippen molar-refractivity contribution in [1.82, 2.24) is 5.32 Å². The van der Waals surface area contributed by atoms with Crippen LogP contribution in [-0.2, 0) is 23.7 Å². The maximum atomic E-state index is 12.5. The molecule has 8 nitrogen and oxygen atoms in total. The number of nitrogens with one attached hydrogen (secondary N) is 1. The number of epoxide rings is 2. The van der Waals surface area contributed by atoms with Gasteiger partial charge in [-0.05, 0) is 46.0 Å². The van der Waals surface area contributed by atoms with Crippen LogP contribution in [-0.4, -0.2) is 61.3 Å². The van der Waals surface area contributed by atoms with Crippen molar-refractivity contribution in [3.8, 4) is 0 Å². The molecule has 0 bridgehead atoms. The highest BCUT2D eigenvalue weighted by molar-refractivity contribution is 5.84. The van der Waals surface area contributed by atoms with Crippen molar-refractivity contribution < 1.29 is 28.5 Å². The van der Waals surface area contributed by atoms with E-state index >= 15 is 0 Å². The van der Waals surface area contributed by atoms with Crippen LogP contribution in [0.25, 0.3) is 0 Å². The van der Waals surface area contributed by atoms with Crippen LogP contribution in [0.3, 0.4) is 0 Å². The Morgan fingerprint density at radius 3 is 2.50 bits per heavy atom. The number of carbonyl (C=O) groups excluding carboxylic acids is 2. The maximum Gasteiger partial charge on any atom is 0.408 e. The van der Waals surface area contributed by atoms with Crippen LogP contribution in [0.5, 0.6) is 0 Å². The SMILES string of the molecule is CO[C@H]1[C@H](C2(C)OC2CC=C(C)C)[C@]2(CC[C@H]1OC(=O)N[C@@H](C(N)=O)C(C)C)CO2. The minimum absolute atomic E-state index is 0.0471. The van der Waals surface area contributed by atoms with Gasteiger partial charge < -0.3 is 30.0 Å². The fraction of sp³-hybridized carbons (Fsp3) is 0.818. The lowest BCUT2D eigenvalue weighted by molar-refractivity contribution is -0.123. The highest BCUT2D eigenvalue weighted by Crippen LogP contribution is 2.59. The normalized spacial score (nSPS) is 38.1. The number of methoxy groups -OCH3 is 1. The highest BCUT2D eigenvalue weighted by atomic mass is 16.6. The molecule has 2 heterocycles. The number of alkyl carbamates (subject to hydrolysis) is 1. The van der Waals surface area contributed by atoms with Crippen molar-refractivity contribution in [2.24, 2.45) is 17.6 Å². The molecule has 3 rings (SSSR count). The smallest absolute Gasteiger partial charge is 0.408 e. The van der Waals surface area contributed by atoms with Gasteiger partial charge in [-0.25, -0.2) is 4.79 Å². The summed E-state index contributed by atoms with van der Waals surface area (Å²) in [5, 5.41) is 2.59. The third-order valence-electron chi connectivity index (χ3n) is 6.74. The van der Waals surface area contributed by atoms with E-state index in [1.54, 1.807) is 7.11 Å². The standard InChI is InChI=1S/C22H36N2O6/c1-12(2)7-8-15-21(5,30-15)18-17(27-6)14(9-10-22(18)11-28-22)29-20(26)24-16(13(3)4)19(23)25/h7,13-18H,8-11H2,1-6H3,(H2,23,25)(H,24,26)/t14-,15?,16-,17-,18-,21?,22+/m1/s1. The molecule has 170 valence electrons. The Bertz CT molecular complexity index is 700. The Morgan fingerprint density at radius 2 is 2.00 bits per heavy atom. The van der Waals surface area contributed by atoms with Crippen molar-refractivity contribution in [2.45, 2.75) is 89.4 Å². The van der Waals surface area contributed by atoms with Crippen LogP contribution in [0.15, 0.2) is 11.6 Å². The molecule has 3 N–H and O–H groups in total. The summed E-state index contributed by atoms with van der Waals surface area (Å²) >= 11 is 0. The third kappa shape index (κ3) is 4.50. The van der Waals surface area contributed by atoms with Gasteiger partial charge in [0.05, 0.1) is 18.6 Å².